The van der Waals surface area contributed by atoms with E-state index in [1.165, 1.54) is 19.8 Å². The summed E-state index contributed by atoms with van der Waals surface area (Å²) in [6.07, 6.45) is 8.54. The maximum Gasteiger partial charge on any atom is 0.302 e. The van der Waals surface area contributed by atoms with E-state index >= 15 is 0 Å². The van der Waals surface area contributed by atoms with Gasteiger partial charge in [-0.15, -0.1) is 0 Å². The summed E-state index contributed by atoms with van der Waals surface area (Å²) in [5.74, 6) is 2.95. The van der Waals surface area contributed by atoms with Gasteiger partial charge in [0.15, 0.2) is 0 Å². The fraction of sp³-hybridized carbons (Fsp3) is 0.750. The van der Waals surface area contributed by atoms with Crippen LogP contribution in [0.1, 0.15) is 26.2 Å². The zero-order chi connectivity index (χ0) is 9.71. The summed E-state index contributed by atoms with van der Waals surface area (Å²) in [6.45, 7) is 1.52. The lowest BCUT2D eigenvalue weighted by Gasteiger charge is -2.30. The molecule has 0 N–H and O–H groups in total. The summed E-state index contributed by atoms with van der Waals surface area (Å²) in [6, 6.07) is 0. The molecule has 2 nitrogen and oxygen atoms in total. The van der Waals surface area contributed by atoms with Gasteiger partial charge < -0.3 is 4.74 Å². The molecule has 3 aliphatic rings. The molecule has 2 fully saturated rings. The first-order valence-electron chi connectivity index (χ1n) is 5.59. The number of hydrogen-bond donors (Lipinski definition) is 0. The van der Waals surface area contributed by atoms with Crippen molar-refractivity contribution < 1.29 is 9.53 Å². The predicted octanol–water partition coefficient (Wildman–Crippen LogP) is 2.15. The van der Waals surface area contributed by atoms with Crippen molar-refractivity contribution in [1.82, 2.24) is 0 Å². The van der Waals surface area contributed by atoms with Gasteiger partial charge in [0.1, 0.15) is 6.10 Å². The molecule has 0 amide bonds. The molecule has 0 radical (unpaired) electrons. The summed E-state index contributed by atoms with van der Waals surface area (Å²) in [4.78, 5) is 10.9. The molecule has 0 spiro atoms. The number of allylic oxidation sites excluding steroid dienone is 2. The first kappa shape index (κ1) is 8.51. The van der Waals surface area contributed by atoms with Crippen molar-refractivity contribution in [3.05, 3.63) is 12.2 Å². The minimum Gasteiger partial charge on any atom is -0.462 e. The molecule has 5 atom stereocenters. The molecule has 2 heteroatoms. The third-order valence-corrected chi connectivity index (χ3v) is 4.26. The maximum atomic E-state index is 10.9. The lowest BCUT2D eigenvalue weighted by molar-refractivity contribution is -0.150. The van der Waals surface area contributed by atoms with Crippen LogP contribution >= 0.6 is 0 Å². The van der Waals surface area contributed by atoms with Gasteiger partial charge in [0.05, 0.1) is 0 Å². The van der Waals surface area contributed by atoms with Crippen molar-refractivity contribution in [3.63, 3.8) is 0 Å². The smallest absolute Gasteiger partial charge is 0.302 e. The normalized spacial score (nSPS) is 48.2. The fourth-order valence-corrected chi connectivity index (χ4v) is 3.84. The van der Waals surface area contributed by atoms with E-state index in [2.05, 4.69) is 12.2 Å². The zero-order valence-electron chi connectivity index (χ0n) is 8.48. The molecule has 0 heterocycles. The first-order chi connectivity index (χ1) is 6.75. The number of ether oxygens (including phenoxy) is 1. The van der Waals surface area contributed by atoms with E-state index in [0.29, 0.717) is 5.92 Å². The Balaban J connectivity index is 1.75. The number of fused-ring (bicyclic) bond motifs is 5. The summed E-state index contributed by atoms with van der Waals surface area (Å²) in [5.41, 5.74) is 0. The van der Waals surface area contributed by atoms with Gasteiger partial charge in [0.25, 0.3) is 0 Å². The highest BCUT2D eigenvalue weighted by Gasteiger charge is 2.53. The molecule has 2 saturated carbocycles. The lowest BCUT2D eigenvalue weighted by Crippen LogP contribution is -2.31. The molecular weight excluding hydrogens is 176 g/mol. The van der Waals surface area contributed by atoms with E-state index in [1.807, 2.05) is 0 Å². The van der Waals surface area contributed by atoms with Crippen molar-refractivity contribution in [2.45, 2.75) is 32.3 Å². The first-order valence-corrected chi connectivity index (χ1v) is 5.59. The van der Waals surface area contributed by atoms with Crippen LogP contribution in [0.4, 0.5) is 0 Å². The molecule has 3 rings (SSSR count). The molecule has 2 bridgehead atoms. The molecule has 3 aliphatic carbocycles. The average molecular weight is 192 g/mol. The van der Waals surface area contributed by atoms with E-state index in [1.54, 1.807) is 0 Å². The minimum atomic E-state index is -0.106. The molecule has 0 aromatic rings. The summed E-state index contributed by atoms with van der Waals surface area (Å²) >= 11 is 0. The van der Waals surface area contributed by atoms with Gasteiger partial charge in [0.2, 0.25) is 0 Å². The average Bonchev–Trinajstić information content (AvgIpc) is 2.68. The van der Waals surface area contributed by atoms with E-state index in [0.717, 1.165) is 24.2 Å². The zero-order valence-corrected chi connectivity index (χ0v) is 8.48. The van der Waals surface area contributed by atoms with Crippen molar-refractivity contribution in [2.75, 3.05) is 0 Å². The van der Waals surface area contributed by atoms with Gasteiger partial charge in [-0.3, -0.25) is 4.79 Å². The Labute approximate surface area is 84.3 Å². The van der Waals surface area contributed by atoms with Crippen molar-refractivity contribution in [2.24, 2.45) is 23.7 Å². The number of esters is 1. The van der Waals surface area contributed by atoms with Gasteiger partial charge >= 0.3 is 5.97 Å². The van der Waals surface area contributed by atoms with Crippen molar-refractivity contribution >= 4 is 5.97 Å². The van der Waals surface area contributed by atoms with Crippen LogP contribution < -0.4 is 0 Å². The van der Waals surface area contributed by atoms with Crippen molar-refractivity contribution in [1.29, 1.82) is 0 Å². The Hall–Kier alpha value is -0.790. The van der Waals surface area contributed by atoms with Gasteiger partial charge in [0, 0.05) is 6.92 Å². The Kier molecular flexibility index (Phi) is 1.73. The summed E-state index contributed by atoms with van der Waals surface area (Å²) in [5, 5.41) is 0. The van der Waals surface area contributed by atoms with E-state index < -0.39 is 0 Å². The van der Waals surface area contributed by atoms with Crippen LogP contribution in [0.2, 0.25) is 0 Å². The van der Waals surface area contributed by atoms with Gasteiger partial charge in [-0.05, 0) is 42.9 Å². The van der Waals surface area contributed by atoms with Gasteiger partial charge in [-0.25, -0.2) is 0 Å². The van der Waals surface area contributed by atoms with Crippen LogP contribution in [-0.4, -0.2) is 12.1 Å². The topological polar surface area (TPSA) is 26.3 Å². The van der Waals surface area contributed by atoms with Crippen LogP contribution in [0.3, 0.4) is 0 Å². The second-order valence-electron chi connectivity index (χ2n) is 4.95. The second kappa shape index (κ2) is 2.85. The minimum absolute atomic E-state index is 0.106. The molecule has 0 aliphatic heterocycles. The Morgan fingerprint density at radius 3 is 3.00 bits per heavy atom. The van der Waals surface area contributed by atoms with Gasteiger partial charge in [-0.2, -0.15) is 0 Å². The number of carbonyl (C=O) groups excluding carboxylic acids is 1. The monoisotopic (exact) mass is 192 g/mol. The highest BCUT2D eigenvalue weighted by Crippen LogP contribution is 2.57. The largest absolute Gasteiger partial charge is 0.462 e. The highest BCUT2D eigenvalue weighted by atomic mass is 16.5. The molecular formula is C12H16O2. The van der Waals surface area contributed by atoms with Crippen LogP contribution in [-0.2, 0) is 9.53 Å². The van der Waals surface area contributed by atoms with E-state index in [9.17, 15) is 4.79 Å². The van der Waals surface area contributed by atoms with E-state index in [4.69, 9.17) is 4.74 Å². The molecule has 76 valence electrons. The van der Waals surface area contributed by atoms with E-state index in [-0.39, 0.29) is 12.1 Å². The van der Waals surface area contributed by atoms with Crippen LogP contribution in [0.5, 0.6) is 0 Å². The standard InChI is InChI=1S/C12H16O2/c1-7(13)14-12-6-8-5-11(12)10-4-2-3-9(8)10/h2-3,8-12H,4-6H2,1H3/t8?,9-,10-,11+,12-/m0/s1. The molecule has 0 aromatic carbocycles. The maximum absolute atomic E-state index is 10.9. The number of rotatable bonds is 1. The quantitative estimate of drug-likeness (QED) is 0.470. The summed E-state index contributed by atoms with van der Waals surface area (Å²) < 4.78 is 5.39. The Morgan fingerprint density at radius 1 is 1.36 bits per heavy atom. The Bertz CT molecular complexity index is 295. The third kappa shape index (κ3) is 1.06. The predicted molar refractivity (Wildman–Crippen MR) is 52.5 cm³/mol. The van der Waals surface area contributed by atoms with Crippen LogP contribution in [0.15, 0.2) is 12.2 Å². The third-order valence-electron chi connectivity index (χ3n) is 4.26. The van der Waals surface area contributed by atoms with Crippen LogP contribution in [0.25, 0.3) is 0 Å². The summed E-state index contributed by atoms with van der Waals surface area (Å²) in [7, 11) is 0. The SMILES string of the molecule is CC(=O)O[C@H]1CC2C[C@@H]1[C@H]1CC=C[C@@H]21. The Morgan fingerprint density at radius 2 is 2.21 bits per heavy atom. The molecule has 14 heavy (non-hydrogen) atoms. The molecule has 0 aromatic heterocycles. The van der Waals surface area contributed by atoms with Crippen LogP contribution in [0, 0.1) is 23.7 Å². The lowest BCUT2D eigenvalue weighted by atomic mass is 9.80. The number of hydrogen-bond acceptors (Lipinski definition) is 2. The fourth-order valence-electron chi connectivity index (χ4n) is 3.84. The van der Waals surface area contributed by atoms with Gasteiger partial charge in [-0.1, -0.05) is 12.2 Å². The molecule has 0 saturated heterocycles. The van der Waals surface area contributed by atoms with Crippen molar-refractivity contribution in [3.8, 4) is 0 Å². The molecule has 1 unspecified atom stereocenters. The number of carbonyl (C=O) groups is 1. The second-order valence-corrected chi connectivity index (χ2v) is 4.95. The highest BCUT2D eigenvalue weighted by molar-refractivity contribution is 5.66.